The van der Waals surface area contributed by atoms with Gasteiger partial charge in [-0.05, 0) is 65.8 Å². The van der Waals surface area contributed by atoms with Gasteiger partial charge in [-0.3, -0.25) is 4.98 Å². The van der Waals surface area contributed by atoms with Gasteiger partial charge in [0.05, 0.1) is 5.52 Å². The lowest BCUT2D eigenvalue weighted by molar-refractivity contribution is 0.571. The van der Waals surface area contributed by atoms with E-state index < -0.39 is 0 Å². The number of aromatic nitrogens is 1. The molecule has 1 aliphatic rings. The van der Waals surface area contributed by atoms with Crippen LogP contribution in [-0.2, 0) is 6.42 Å². The van der Waals surface area contributed by atoms with Crippen molar-refractivity contribution < 1.29 is 0 Å². The molecule has 2 aromatic carbocycles. The van der Waals surface area contributed by atoms with Crippen LogP contribution >= 0.6 is 0 Å². The molecule has 0 amide bonds. The van der Waals surface area contributed by atoms with Gasteiger partial charge in [-0.2, -0.15) is 0 Å². The van der Waals surface area contributed by atoms with E-state index in [4.69, 9.17) is 5.73 Å². The molecule has 21 heavy (non-hydrogen) atoms. The Hall–Kier alpha value is -2.19. The van der Waals surface area contributed by atoms with Crippen LogP contribution in [0.1, 0.15) is 30.0 Å². The molecule has 0 spiro atoms. The van der Waals surface area contributed by atoms with E-state index in [9.17, 15) is 0 Å². The summed E-state index contributed by atoms with van der Waals surface area (Å²) in [5.41, 5.74) is 12.5. The summed E-state index contributed by atoms with van der Waals surface area (Å²) in [5, 5.41) is 1.18. The molecule has 4 rings (SSSR count). The Bertz CT molecular complexity index is 808. The van der Waals surface area contributed by atoms with Crippen molar-refractivity contribution in [2.24, 2.45) is 5.73 Å². The zero-order valence-electron chi connectivity index (χ0n) is 11.9. The summed E-state index contributed by atoms with van der Waals surface area (Å²) in [6.07, 6.45) is 5.29. The smallest absolute Gasteiger partial charge is 0.0702 e. The Morgan fingerprint density at radius 1 is 1.00 bits per heavy atom. The largest absolute Gasteiger partial charge is 0.324 e. The molecule has 0 fully saturated rings. The third kappa shape index (κ3) is 2.22. The van der Waals surface area contributed by atoms with Gasteiger partial charge in [-0.15, -0.1) is 0 Å². The minimum absolute atomic E-state index is 0.191. The van der Waals surface area contributed by atoms with E-state index in [0.717, 1.165) is 18.4 Å². The second-order valence-corrected chi connectivity index (χ2v) is 5.82. The average molecular weight is 274 g/mol. The second-order valence-electron chi connectivity index (χ2n) is 5.82. The maximum Gasteiger partial charge on any atom is 0.0702 e. The number of pyridine rings is 1. The summed E-state index contributed by atoms with van der Waals surface area (Å²) in [6.45, 7) is 0. The molecule has 104 valence electrons. The summed E-state index contributed by atoms with van der Waals surface area (Å²) >= 11 is 0. The first-order valence-corrected chi connectivity index (χ1v) is 7.55. The lowest BCUT2D eigenvalue weighted by atomic mass is 9.86. The molecule has 0 radical (unpaired) electrons. The van der Waals surface area contributed by atoms with Crippen molar-refractivity contribution in [3.63, 3.8) is 0 Å². The van der Waals surface area contributed by atoms with Gasteiger partial charge < -0.3 is 5.73 Å². The quantitative estimate of drug-likeness (QED) is 0.721. The van der Waals surface area contributed by atoms with Gasteiger partial charge >= 0.3 is 0 Å². The van der Waals surface area contributed by atoms with E-state index in [1.54, 1.807) is 0 Å². The molecule has 0 saturated heterocycles. The van der Waals surface area contributed by atoms with Crippen LogP contribution in [0.3, 0.4) is 0 Å². The van der Waals surface area contributed by atoms with Gasteiger partial charge in [0.25, 0.3) is 0 Å². The number of aryl methyl sites for hydroxylation is 1. The molecule has 1 heterocycles. The first-order valence-electron chi connectivity index (χ1n) is 7.55. The number of nitrogens with two attached hydrogens (primary N) is 1. The van der Waals surface area contributed by atoms with E-state index in [-0.39, 0.29) is 6.04 Å². The molecular formula is C19H18N2. The molecule has 1 atom stereocenters. The third-order valence-electron chi connectivity index (χ3n) is 4.44. The lowest BCUT2D eigenvalue weighted by Gasteiger charge is -2.23. The molecule has 1 unspecified atom stereocenters. The van der Waals surface area contributed by atoms with E-state index in [0.29, 0.717) is 0 Å². The zero-order chi connectivity index (χ0) is 14.2. The van der Waals surface area contributed by atoms with Crippen LogP contribution in [0.2, 0.25) is 0 Å². The fourth-order valence-corrected chi connectivity index (χ4v) is 3.27. The van der Waals surface area contributed by atoms with Crippen LogP contribution in [0.25, 0.3) is 22.0 Å². The Balaban J connectivity index is 1.83. The number of benzene rings is 2. The van der Waals surface area contributed by atoms with Crippen LogP contribution in [0, 0.1) is 0 Å². The Morgan fingerprint density at radius 2 is 1.86 bits per heavy atom. The second kappa shape index (κ2) is 4.97. The number of hydrogen-bond acceptors (Lipinski definition) is 2. The molecule has 3 aromatic rings. The van der Waals surface area contributed by atoms with Gasteiger partial charge in [0.2, 0.25) is 0 Å². The van der Waals surface area contributed by atoms with E-state index in [1.165, 1.54) is 34.1 Å². The number of hydrogen-bond donors (Lipinski definition) is 1. The van der Waals surface area contributed by atoms with Crippen molar-refractivity contribution in [2.45, 2.75) is 25.3 Å². The normalized spacial score (nSPS) is 17.7. The maximum atomic E-state index is 6.27. The molecule has 1 aromatic heterocycles. The van der Waals surface area contributed by atoms with E-state index in [2.05, 4.69) is 47.4 Å². The molecule has 0 aliphatic heterocycles. The molecule has 0 bridgehead atoms. The Morgan fingerprint density at radius 3 is 2.81 bits per heavy atom. The number of nitrogens with zero attached hydrogens (tertiary/aromatic N) is 1. The highest BCUT2D eigenvalue weighted by molar-refractivity contribution is 5.84. The van der Waals surface area contributed by atoms with Gasteiger partial charge in [-0.1, -0.05) is 24.3 Å². The molecule has 2 nitrogen and oxygen atoms in total. The molecule has 1 aliphatic carbocycles. The summed E-state index contributed by atoms with van der Waals surface area (Å²) in [6, 6.07) is 17.5. The Kier molecular flexibility index (Phi) is 2.97. The van der Waals surface area contributed by atoms with Crippen LogP contribution < -0.4 is 5.73 Å². The topological polar surface area (TPSA) is 38.9 Å². The predicted molar refractivity (Wildman–Crippen MR) is 87.0 cm³/mol. The predicted octanol–water partition coefficient (Wildman–Crippen LogP) is 4.24. The van der Waals surface area contributed by atoms with Gasteiger partial charge in [0.15, 0.2) is 0 Å². The highest BCUT2D eigenvalue weighted by Crippen LogP contribution is 2.32. The molecular weight excluding hydrogens is 256 g/mol. The van der Waals surface area contributed by atoms with Gasteiger partial charge in [0.1, 0.15) is 0 Å². The lowest BCUT2D eigenvalue weighted by Crippen LogP contribution is -2.17. The summed E-state index contributed by atoms with van der Waals surface area (Å²) in [4.78, 5) is 4.38. The van der Waals surface area contributed by atoms with Crippen LogP contribution in [-0.4, -0.2) is 4.98 Å². The highest BCUT2D eigenvalue weighted by atomic mass is 14.6. The fourth-order valence-electron chi connectivity index (χ4n) is 3.27. The van der Waals surface area contributed by atoms with E-state index >= 15 is 0 Å². The standard InChI is InChI=1S/C19H18N2/c20-18-5-1-3-13-6-7-15(12-17(13)18)14-8-9-19-16(11-14)4-2-10-21-19/h2,4,6-12,18H,1,3,5,20H2. The first-order chi connectivity index (χ1) is 10.3. The molecule has 2 N–H and O–H groups in total. The minimum Gasteiger partial charge on any atom is -0.324 e. The van der Waals surface area contributed by atoms with Crippen molar-refractivity contribution in [2.75, 3.05) is 0 Å². The van der Waals surface area contributed by atoms with Gasteiger partial charge in [0, 0.05) is 17.6 Å². The van der Waals surface area contributed by atoms with Crippen molar-refractivity contribution >= 4 is 10.9 Å². The SMILES string of the molecule is NC1CCCc2ccc(-c3ccc4ncccc4c3)cc21. The summed E-state index contributed by atoms with van der Waals surface area (Å²) in [5.74, 6) is 0. The number of rotatable bonds is 1. The maximum absolute atomic E-state index is 6.27. The van der Waals surface area contributed by atoms with Crippen molar-refractivity contribution in [3.8, 4) is 11.1 Å². The number of fused-ring (bicyclic) bond motifs is 2. The average Bonchev–Trinajstić information content (AvgIpc) is 2.54. The highest BCUT2D eigenvalue weighted by Gasteiger charge is 2.17. The van der Waals surface area contributed by atoms with Crippen molar-refractivity contribution in [3.05, 3.63) is 65.9 Å². The first kappa shape index (κ1) is 12.5. The summed E-state index contributed by atoms with van der Waals surface area (Å²) < 4.78 is 0. The molecule has 0 saturated carbocycles. The van der Waals surface area contributed by atoms with Crippen LogP contribution in [0.5, 0.6) is 0 Å². The van der Waals surface area contributed by atoms with Crippen LogP contribution in [0.4, 0.5) is 0 Å². The fraction of sp³-hybridized carbons (Fsp3) is 0.211. The monoisotopic (exact) mass is 274 g/mol. The molecule has 2 heteroatoms. The van der Waals surface area contributed by atoms with Crippen molar-refractivity contribution in [1.82, 2.24) is 4.98 Å². The third-order valence-corrected chi connectivity index (χ3v) is 4.44. The van der Waals surface area contributed by atoms with Gasteiger partial charge in [-0.25, -0.2) is 0 Å². The minimum atomic E-state index is 0.191. The van der Waals surface area contributed by atoms with E-state index in [1.807, 2.05) is 12.3 Å². The van der Waals surface area contributed by atoms with Crippen LogP contribution in [0.15, 0.2) is 54.7 Å². The zero-order valence-corrected chi connectivity index (χ0v) is 11.9. The van der Waals surface area contributed by atoms with Crippen molar-refractivity contribution in [1.29, 1.82) is 0 Å². The Labute approximate surface area is 124 Å². The summed E-state index contributed by atoms with van der Waals surface area (Å²) in [7, 11) is 0.